The molecule has 98 valence electrons. The molecule has 0 bridgehead atoms. The highest BCUT2D eigenvalue weighted by atomic mass is 35.5. The van der Waals surface area contributed by atoms with Gasteiger partial charge in [0.05, 0.1) is 5.02 Å². The molecule has 1 aromatic heterocycles. The molecule has 0 unspecified atom stereocenters. The molecule has 0 aliphatic carbocycles. The van der Waals surface area contributed by atoms with Crippen molar-refractivity contribution in [1.29, 1.82) is 0 Å². The van der Waals surface area contributed by atoms with Gasteiger partial charge in [-0.05, 0) is 30.3 Å². The molecule has 0 fully saturated rings. The zero-order valence-electron chi connectivity index (χ0n) is 9.98. The van der Waals surface area contributed by atoms with Crippen molar-refractivity contribution in [2.75, 3.05) is 5.32 Å². The molecule has 1 aromatic carbocycles. The van der Waals surface area contributed by atoms with Crippen molar-refractivity contribution >= 4 is 35.0 Å². The molecule has 1 amide bonds. The normalized spacial score (nSPS) is 10.3. The number of halogens is 2. The molecule has 0 saturated carbocycles. The zero-order valence-corrected chi connectivity index (χ0v) is 11.6. The summed E-state index contributed by atoms with van der Waals surface area (Å²) >= 11 is 6.83. The van der Waals surface area contributed by atoms with Crippen LogP contribution in [0.5, 0.6) is 0 Å². The van der Waals surface area contributed by atoms with Gasteiger partial charge >= 0.3 is 0 Å². The van der Waals surface area contributed by atoms with Crippen molar-refractivity contribution in [3.8, 4) is 0 Å². The van der Waals surface area contributed by atoms with E-state index in [1.54, 1.807) is 24.3 Å². The highest BCUT2D eigenvalue weighted by Gasteiger charge is 2.07. The van der Waals surface area contributed by atoms with Crippen LogP contribution in [0.4, 0.5) is 10.1 Å². The van der Waals surface area contributed by atoms with E-state index in [9.17, 15) is 9.18 Å². The number of nitrogens with zero attached hydrogens (tertiary/aromatic N) is 1. The van der Waals surface area contributed by atoms with Gasteiger partial charge in [-0.25, -0.2) is 9.37 Å². The van der Waals surface area contributed by atoms with E-state index in [1.165, 1.54) is 30.9 Å². The number of hydrogen-bond donors (Lipinski definition) is 1. The Kier molecular flexibility index (Phi) is 4.39. The number of carbonyl (C=O) groups is 1. The Morgan fingerprint density at radius 1 is 1.37 bits per heavy atom. The second-order valence-electron chi connectivity index (χ2n) is 3.75. The summed E-state index contributed by atoms with van der Waals surface area (Å²) < 4.78 is 13.6. The van der Waals surface area contributed by atoms with Crippen LogP contribution in [0.15, 0.2) is 46.5 Å². The average Bonchev–Trinajstić information content (AvgIpc) is 2.34. The van der Waals surface area contributed by atoms with Crippen molar-refractivity contribution in [3.05, 3.63) is 47.4 Å². The summed E-state index contributed by atoms with van der Waals surface area (Å²) in [6.07, 6.45) is 1.40. The lowest BCUT2D eigenvalue weighted by Gasteiger charge is -2.05. The third kappa shape index (κ3) is 3.94. The Morgan fingerprint density at radius 2 is 2.05 bits per heavy atom. The SMILES string of the molecule is CC(=O)Nc1ccc(Sc2ncc(Cl)cc2F)cc1. The number of pyridine rings is 1. The van der Waals surface area contributed by atoms with Crippen molar-refractivity contribution in [2.24, 2.45) is 0 Å². The second kappa shape index (κ2) is 6.04. The van der Waals surface area contributed by atoms with Crippen molar-refractivity contribution in [1.82, 2.24) is 4.98 Å². The van der Waals surface area contributed by atoms with Crippen molar-refractivity contribution in [2.45, 2.75) is 16.8 Å². The maximum atomic E-state index is 13.6. The summed E-state index contributed by atoms with van der Waals surface area (Å²) in [5.74, 6) is -0.589. The van der Waals surface area contributed by atoms with Crippen LogP contribution < -0.4 is 5.32 Å². The molecule has 2 rings (SSSR count). The molecule has 0 saturated heterocycles. The molecule has 1 heterocycles. The fraction of sp³-hybridized carbons (Fsp3) is 0.0769. The summed E-state index contributed by atoms with van der Waals surface area (Å²) in [6.45, 7) is 1.44. The number of aromatic nitrogens is 1. The first kappa shape index (κ1) is 13.8. The monoisotopic (exact) mass is 296 g/mol. The molecule has 0 aliphatic rings. The van der Waals surface area contributed by atoms with E-state index in [-0.39, 0.29) is 16.0 Å². The number of carbonyl (C=O) groups excluding carboxylic acids is 1. The fourth-order valence-corrected chi connectivity index (χ4v) is 2.30. The number of hydrogen-bond acceptors (Lipinski definition) is 3. The highest BCUT2D eigenvalue weighted by molar-refractivity contribution is 7.99. The molecule has 0 aliphatic heterocycles. The largest absolute Gasteiger partial charge is 0.326 e. The van der Waals surface area contributed by atoms with Crippen LogP contribution in [0.25, 0.3) is 0 Å². The average molecular weight is 297 g/mol. The molecule has 1 N–H and O–H groups in total. The molecule has 0 spiro atoms. The van der Waals surface area contributed by atoms with Gasteiger partial charge in [0, 0.05) is 23.7 Å². The standard InChI is InChI=1S/C13H10ClFN2OS/c1-8(18)17-10-2-4-11(5-3-10)19-13-12(15)6-9(14)7-16-13/h2-7H,1H3,(H,17,18). The Labute approximate surface area is 119 Å². The summed E-state index contributed by atoms with van der Waals surface area (Å²) in [5, 5.41) is 3.19. The van der Waals surface area contributed by atoms with Gasteiger partial charge in [0.2, 0.25) is 5.91 Å². The molecule has 3 nitrogen and oxygen atoms in total. The van der Waals surface area contributed by atoms with Crippen LogP contribution in [0.3, 0.4) is 0 Å². The van der Waals surface area contributed by atoms with Gasteiger partial charge in [-0.15, -0.1) is 0 Å². The third-order valence-corrected chi connectivity index (χ3v) is 3.37. The lowest BCUT2D eigenvalue weighted by molar-refractivity contribution is -0.114. The minimum absolute atomic E-state index is 0.134. The lowest BCUT2D eigenvalue weighted by atomic mass is 10.3. The third-order valence-electron chi connectivity index (χ3n) is 2.16. The van der Waals surface area contributed by atoms with Gasteiger partial charge in [0.25, 0.3) is 0 Å². The number of rotatable bonds is 3. The van der Waals surface area contributed by atoms with Crippen molar-refractivity contribution in [3.63, 3.8) is 0 Å². The highest BCUT2D eigenvalue weighted by Crippen LogP contribution is 2.29. The first-order valence-corrected chi connectivity index (χ1v) is 6.60. The van der Waals surface area contributed by atoms with Gasteiger partial charge in [0.1, 0.15) is 5.03 Å². The lowest BCUT2D eigenvalue weighted by Crippen LogP contribution is -2.05. The minimum atomic E-state index is -0.455. The van der Waals surface area contributed by atoms with E-state index in [0.29, 0.717) is 5.69 Å². The molecule has 0 radical (unpaired) electrons. The second-order valence-corrected chi connectivity index (χ2v) is 5.25. The van der Waals surface area contributed by atoms with Gasteiger partial charge in [-0.1, -0.05) is 23.4 Å². The molecular formula is C13H10ClFN2OS. The van der Waals surface area contributed by atoms with Crippen LogP contribution >= 0.6 is 23.4 Å². The summed E-state index contributed by atoms with van der Waals surface area (Å²) in [5.41, 5.74) is 0.696. The van der Waals surface area contributed by atoms with Crippen molar-refractivity contribution < 1.29 is 9.18 Å². The summed E-state index contributed by atoms with van der Waals surface area (Å²) in [6, 6.07) is 8.29. The number of nitrogens with one attached hydrogen (secondary N) is 1. The fourth-order valence-electron chi connectivity index (χ4n) is 1.40. The van der Waals surface area contributed by atoms with Gasteiger partial charge in [-0.2, -0.15) is 0 Å². The van der Waals surface area contributed by atoms with E-state index >= 15 is 0 Å². The van der Waals surface area contributed by atoms with Gasteiger partial charge in [-0.3, -0.25) is 4.79 Å². The number of anilines is 1. The van der Waals surface area contributed by atoms with Crippen LogP contribution in [0.2, 0.25) is 5.02 Å². The Hall–Kier alpha value is -1.59. The predicted octanol–water partition coefficient (Wildman–Crippen LogP) is 3.98. The Bertz CT molecular complexity index is 604. The minimum Gasteiger partial charge on any atom is -0.326 e. The van der Waals surface area contributed by atoms with E-state index < -0.39 is 5.82 Å². The van der Waals surface area contributed by atoms with Crippen LogP contribution in [-0.2, 0) is 4.79 Å². The number of amides is 1. The maximum absolute atomic E-state index is 13.6. The Balaban J connectivity index is 2.13. The van der Waals surface area contributed by atoms with Gasteiger partial charge < -0.3 is 5.32 Å². The Morgan fingerprint density at radius 3 is 2.63 bits per heavy atom. The number of benzene rings is 1. The van der Waals surface area contributed by atoms with E-state index in [1.807, 2.05) is 0 Å². The molecule has 0 atom stereocenters. The first-order chi connectivity index (χ1) is 9.04. The quantitative estimate of drug-likeness (QED) is 0.931. The van der Waals surface area contributed by atoms with E-state index in [2.05, 4.69) is 10.3 Å². The first-order valence-electron chi connectivity index (χ1n) is 5.41. The topological polar surface area (TPSA) is 42.0 Å². The molecule has 2 aromatic rings. The van der Waals surface area contributed by atoms with Crippen LogP contribution in [0, 0.1) is 5.82 Å². The van der Waals surface area contributed by atoms with Gasteiger partial charge in [0.15, 0.2) is 5.82 Å². The smallest absolute Gasteiger partial charge is 0.221 e. The van der Waals surface area contributed by atoms with E-state index in [0.717, 1.165) is 4.90 Å². The van der Waals surface area contributed by atoms with Crippen LogP contribution in [-0.4, -0.2) is 10.9 Å². The molecule has 19 heavy (non-hydrogen) atoms. The van der Waals surface area contributed by atoms with E-state index in [4.69, 9.17) is 11.6 Å². The summed E-state index contributed by atoms with van der Waals surface area (Å²) in [4.78, 5) is 15.6. The molecule has 6 heteroatoms. The molecular weight excluding hydrogens is 287 g/mol. The van der Waals surface area contributed by atoms with Crippen LogP contribution in [0.1, 0.15) is 6.92 Å². The zero-order chi connectivity index (χ0) is 13.8. The predicted molar refractivity (Wildman–Crippen MR) is 74.1 cm³/mol. The maximum Gasteiger partial charge on any atom is 0.221 e. The summed E-state index contributed by atoms with van der Waals surface area (Å²) in [7, 11) is 0.